The number of likely N-dealkylation sites (tertiary alicyclic amines) is 1. The number of hydrogen-bond donors (Lipinski definition) is 1. The highest BCUT2D eigenvalue weighted by molar-refractivity contribution is 5.41. The summed E-state index contributed by atoms with van der Waals surface area (Å²) in [4.78, 5) is 6.86. The molecule has 3 aromatic carbocycles. The van der Waals surface area contributed by atoms with Gasteiger partial charge in [-0.2, -0.15) is 0 Å². The van der Waals surface area contributed by atoms with Crippen molar-refractivity contribution in [1.29, 1.82) is 0 Å². The molecule has 0 saturated carbocycles. The number of ether oxygens (including phenoxy) is 1. The Morgan fingerprint density at radius 2 is 1.39 bits per heavy atom. The van der Waals surface area contributed by atoms with E-state index in [4.69, 9.17) is 9.15 Å². The number of aliphatic hydroxyl groups is 1. The summed E-state index contributed by atoms with van der Waals surface area (Å²) in [6.07, 6.45) is 3.90. The van der Waals surface area contributed by atoms with Gasteiger partial charge in [0, 0.05) is 13.1 Å². The maximum Gasteiger partial charge on any atom is 0.236 e. The Morgan fingerprint density at radius 3 is 1.97 bits per heavy atom. The fourth-order valence-corrected chi connectivity index (χ4v) is 4.42. The minimum Gasteiger partial charge on any atom is -0.490 e. The molecule has 4 aromatic rings. The second kappa shape index (κ2) is 9.61. The highest BCUT2D eigenvalue weighted by atomic mass is 16.5. The van der Waals surface area contributed by atoms with Crippen LogP contribution in [-0.2, 0) is 12.1 Å². The number of piperidine rings is 1. The van der Waals surface area contributed by atoms with Crippen molar-refractivity contribution in [1.82, 2.24) is 9.88 Å². The summed E-state index contributed by atoms with van der Waals surface area (Å²) < 4.78 is 12.3. The van der Waals surface area contributed by atoms with Crippen molar-refractivity contribution >= 4 is 0 Å². The summed E-state index contributed by atoms with van der Waals surface area (Å²) >= 11 is 0. The molecule has 1 N–H and O–H groups in total. The highest BCUT2D eigenvalue weighted by Gasteiger charge is 2.38. The van der Waals surface area contributed by atoms with Crippen LogP contribution in [0.15, 0.2) is 102 Å². The van der Waals surface area contributed by atoms with Gasteiger partial charge in [0.2, 0.25) is 5.89 Å². The summed E-state index contributed by atoms with van der Waals surface area (Å²) in [7, 11) is 0. The summed E-state index contributed by atoms with van der Waals surface area (Å²) in [6, 6.07) is 29.1. The minimum atomic E-state index is -1.45. The van der Waals surface area contributed by atoms with Gasteiger partial charge in [-0.25, -0.2) is 4.98 Å². The van der Waals surface area contributed by atoms with Crippen LogP contribution in [0.4, 0.5) is 0 Å². The van der Waals surface area contributed by atoms with Gasteiger partial charge in [0.15, 0.2) is 5.60 Å². The second-order valence-corrected chi connectivity index (χ2v) is 8.48. The molecule has 0 spiro atoms. The van der Waals surface area contributed by atoms with Crippen LogP contribution in [-0.4, -0.2) is 34.2 Å². The van der Waals surface area contributed by atoms with Crippen molar-refractivity contribution in [3.8, 4) is 5.75 Å². The summed E-state index contributed by atoms with van der Waals surface area (Å²) in [5.41, 5.74) is 0.00374. The summed E-state index contributed by atoms with van der Waals surface area (Å²) in [5.74, 6) is 1.96. The molecular formula is C28H28N2O3. The van der Waals surface area contributed by atoms with Crippen molar-refractivity contribution in [3.05, 3.63) is 120 Å². The van der Waals surface area contributed by atoms with Gasteiger partial charge in [0.25, 0.3) is 0 Å². The molecule has 5 nitrogen and oxygen atoms in total. The lowest BCUT2D eigenvalue weighted by Gasteiger charge is -2.31. The standard InChI is InChI=1S/C28H28N2O3/c31-28(22-10-4-1-5-11-22,23-12-6-2-7-13-23)27-29-20-26(33-27)21-30-18-16-25(17-19-30)32-24-14-8-3-9-15-24/h1-15,20,25,31H,16-19,21H2. The van der Waals surface area contributed by atoms with Crippen LogP contribution >= 0.6 is 0 Å². The Morgan fingerprint density at radius 1 is 0.848 bits per heavy atom. The Hall–Kier alpha value is -3.41. The first-order valence-corrected chi connectivity index (χ1v) is 11.4. The van der Waals surface area contributed by atoms with Crippen molar-refractivity contribution in [3.63, 3.8) is 0 Å². The quantitative estimate of drug-likeness (QED) is 0.438. The molecule has 0 atom stereocenters. The third-order valence-electron chi connectivity index (χ3n) is 6.21. The number of nitrogens with zero attached hydrogens (tertiary/aromatic N) is 2. The zero-order chi connectivity index (χ0) is 22.5. The number of oxazole rings is 1. The smallest absolute Gasteiger partial charge is 0.236 e. The van der Waals surface area contributed by atoms with Crippen molar-refractivity contribution in [2.75, 3.05) is 13.1 Å². The average Bonchev–Trinajstić information content (AvgIpc) is 3.35. The molecule has 33 heavy (non-hydrogen) atoms. The van der Waals surface area contributed by atoms with Gasteiger partial charge in [-0.1, -0.05) is 78.9 Å². The third-order valence-corrected chi connectivity index (χ3v) is 6.21. The van der Waals surface area contributed by atoms with Gasteiger partial charge >= 0.3 is 0 Å². The fourth-order valence-electron chi connectivity index (χ4n) is 4.42. The van der Waals surface area contributed by atoms with Gasteiger partial charge in [-0.15, -0.1) is 0 Å². The number of hydrogen-bond acceptors (Lipinski definition) is 5. The van der Waals surface area contributed by atoms with Gasteiger partial charge in [0.05, 0.1) is 12.7 Å². The number of rotatable bonds is 7. The van der Waals surface area contributed by atoms with E-state index in [2.05, 4.69) is 9.88 Å². The monoisotopic (exact) mass is 440 g/mol. The van der Waals surface area contributed by atoms with Crippen LogP contribution in [0.5, 0.6) is 5.75 Å². The average molecular weight is 441 g/mol. The SMILES string of the molecule is OC(c1ccccc1)(c1ccccc1)c1ncc(CN2CCC(Oc3ccccc3)CC2)o1. The molecule has 0 radical (unpaired) electrons. The van der Waals surface area contributed by atoms with Gasteiger partial charge in [0.1, 0.15) is 17.6 Å². The van der Waals surface area contributed by atoms with Crippen LogP contribution in [0, 0.1) is 0 Å². The van der Waals surface area contributed by atoms with E-state index < -0.39 is 5.60 Å². The molecule has 2 heterocycles. The van der Waals surface area contributed by atoms with Crippen molar-refractivity contribution in [2.45, 2.75) is 31.1 Å². The van der Waals surface area contributed by atoms with E-state index in [0.717, 1.165) is 48.6 Å². The van der Waals surface area contributed by atoms with E-state index >= 15 is 0 Å². The molecule has 1 aliphatic heterocycles. The number of para-hydroxylation sites is 1. The molecule has 0 unspecified atom stereocenters. The van der Waals surface area contributed by atoms with E-state index in [0.29, 0.717) is 6.54 Å². The van der Waals surface area contributed by atoms with Crippen LogP contribution in [0.3, 0.4) is 0 Å². The Bertz CT molecular complexity index is 1100. The van der Waals surface area contributed by atoms with Crippen molar-refractivity contribution < 1.29 is 14.3 Å². The predicted molar refractivity (Wildman–Crippen MR) is 127 cm³/mol. The second-order valence-electron chi connectivity index (χ2n) is 8.48. The van der Waals surface area contributed by atoms with Gasteiger partial charge < -0.3 is 14.3 Å². The number of aromatic nitrogens is 1. The molecule has 1 saturated heterocycles. The normalized spacial score (nSPS) is 15.4. The Labute approximate surface area is 194 Å². The molecule has 1 aromatic heterocycles. The largest absolute Gasteiger partial charge is 0.490 e. The van der Waals surface area contributed by atoms with Gasteiger partial charge in [-0.05, 0) is 36.1 Å². The first-order chi connectivity index (χ1) is 16.2. The first-order valence-electron chi connectivity index (χ1n) is 11.4. The lowest BCUT2D eigenvalue weighted by Crippen LogP contribution is -2.37. The van der Waals surface area contributed by atoms with E-state index in [-0.39, 0.29) is 12.0 Å². The van der Waals surface area contributed by atoms with E-state index in [1.807, 2.05) is 91.0 Å². The van der Waals surface area contributed by atoms with Crippen LogP contribution < -0.4 is 4.74 Å². The van der Waals surface area contributed by atoms with Crippen LogP contribution in [0.2, 0.25) is 0 Å². The topological polar surface area (TPSA) is 58.7 Å². The van der Waals surface area contributed by atoms with Crippen molar-refractivity contribution in [2.24, 2.45) is 0 Å². The molecule has 5 rings (SSSR count). The molecule has 1 fully saturated rings. The Balaban J connectivity index is 1.28. The first kappa shape index (κ1) is 21.4. The summed E-state index contributed by atoms with van der Waals surface area (Å²) in [6.45, 7) is 2.51. The van der Waals surface area contributed by atoms with Gasteiger partial charge in [-0.3, -0.25) is 4.90 Å². The molecule has 0 bridgehead atoms. The third kappa shape index (κ3) is 4.70. The van der Waals surface area contributed by atoms with Crippen LogP contribution in [0.25, 0.3) is 0 Å². The van der Waals surface area contributed by atoms with E-state index in [9.17, 15) is 5.11 Å². The van der Waals surface area contributed by atoms with E-state index in [1.54, 1.807) is 6.20 Å². The summed E-state index contributed by atoms with van der Waals surface area (Å²) in [5, 5.41) is 11.8. The molecule has 1 aliphatic rings. The van der Waals surface area contributed by atoms with Crippen LogP contribution in [0.1, 0.15) is 35.6 Å². The maximum absolute atomic E-state index is 11.8. The van der Waals surface area contributed by atoms with E-state index in [1.165, 1.54) is 0 Å². The fraction of sp³-hybridized carbons (Fsp3) is 0.250. The number of benzene rings is 3. The lowest BCUT2D eigenvalue weighted by atomic mass is 9.86. The lowest BCUT2D eigenvalue weighted by molar-refractivity contribution is 0.0807. The molecule has 0 aliphatic carbocycles. The Kier molecular flexibility index (Phi) is 6.24. The minimum absolute atomic E-state index is 0.232. The highest BCUT2D eigenvalue weighted by Crippen LogP contribution is 2.36. The zero-order valence-corrected chi connectivity index (χ0v) is 18.5. The molecule has 5 heteroatoms. The zero-order valence-electron chi connectivity index (χ0n) is 18.5. The molecule has 0 amide bonds. The molecular weight excluding hydrogens is 412 g/mol. The maximum atomic E-state index is 11.8. The predicted octanol–water partition coefficient (Wildman–Crippen LogP) is 5.00. The molecule has 168 valence electrons.